The molecule has 0 atom stereocenters. The van der Waals surface area contributed by atoms with Crippen LogP contribution in [0.4, 0.5) is 21.0 Å². The van der Waals surface area contributed by atoms with E-state index >= 15 is 0 Å². The fourth-order valence-corrected chi connectivity index (χ4v) is 10.4. The molecule has 0 radical (unpaired) electrons. The van der Waals surface area contributed by atoms with Crippen LogP contribution in [0, 0.1) is 0 Å². The number of urea groups is 2. The number of sulfonamides is 2. The number of amides is 6. The summed E-state index contributed by atoms with van der Waals surface area (Å²) in [4.78, 5) is 68.5. The number of aryl methyl sites for hydroxylation is 6. The molecule has 4 N–H and O–H groups in total. The molecule has 8 rings (SSSR count). The predicted molar refractivity (Wildman–Crippen MR) is 231 cm³/mol. The number of anilines is 2. The van der Waals surface area contributed by atoms with Gasteiger partial charge in [0.1, 0.15) is 5.69 Å². The zero-order valence-corrected chi connectivity index (χ0v) is 38.0. The molecule has 2 aromatic heterocycles. The number of nitrogens with one attached hydrogen (secondary N) is 4. The van der Waals surface area contributed by atoms with Gasteiger partial charge in [0.25, 0.3) is 26.0 Å². The molecule has 0 aliphatic heterocycles. The normalized spacial score (nSPS) is 14.3. The van der Waals surface area contributed by atoms with Gasteiger partial charge in [-0.05, 0) is 128 Å². The van der Waals surface area contributed by atoms with Gasteiger partial charge in [0.15, 0.2) is 10.1 Å². The molecule has 0 spiro atoms. The summed E-state index contributed by atoms with van der Waals surface area (Å²) in [5, 5.41) is 12.8. The highest BCUT2D eigenvalue weighted by atomic mass is 32.2. The standard InChI is InChI=1S/C24H32N6O5S.C17H20N4O3S.CO2/c1-15(31)28(2)11-12-29(3)23(32)20-14-21(26-30(20)4)36(34,35)27-24(33)25-22-18-9-5-7-16(18)13-17-8-6-10-19(17)22;1-21-9-8-15(19-21)25(23,24)20-17(22)18-16-13-6-2-4-11(13)10-12-5-3-7-14(12)16;2-1-3/h13-14H,5-12H2,1-4H3,(H2,25,27,33);8-10H,2-7H2,1H3,(H2,18,20,22);. The predicted octanol–water partition coefficient (Wildman–Crippen LogP) is 2.78. The van der Waals surface area contributed by atoms with Gasteiger partial charge < -0.3 is 20.4 Å². The number of benzene rings is 2. The zero-order valence-electron chi connectivity index (χ0n) is 36.4. The van der Waals surface area contributed by atoms with Crippen LogP contribution >= 0.6 is 0 Å². The Balaban J connectivity index is 0.000000211. The highest BCUT2D eigenvalue weighted by Crippen LogP contribution is 2.40. The van der Waals surface area contributed by atoms with E-state index in [0.717, 1.165) is 121 Å². The largest absolute Gasteiger partial charge is 0.373 e. The Labute approximate surface area is 371 Å². The number of hydrogen-bond acceptors (Lipinski definition) is 12. The van der Waals surface area contributed by atoms with Crippen LogP contribution < -0.4 is 20.1 Å². The second kappa shape index (κ2) is 19.6. The molecule has 0 bridgehead atoms. The van der Waals surface area contributed by atoms with Crippen molar-refractivity contribution in [2.75, 3.05) is 37.8 Å². The summed E-state index contributed by atoms with van der Waals surface area (Å²) in [5.41, 5.74) is 11.1. The minimum absolute atomic E-state index is 0.0439. The Kier molecular flexibility index (Phi) is 14.4. The molecule has 2 heterocycles. The van der Waals surface area contributed by atoms with Crippen LogP contribution in [-0.4, -0.2) is 103 Å². The SMILES string of the molecule is CC(=O)N(C)CCN(C)C(=O)c1cc(S(=O)(=O)NC(=O)Nc2c3c(cc4c2CCC4)CCC3)nn1C.Cn1ccc(S(=O)(=O)NC(=O)Nc2c3c(cc4c2CCC4)CCC3)n1.O=C=O. The van der Waals surface area contributed by atoms with Gasteiger partial charge in [-0.3, -0.25) is 19.0 Å². The summed E-state index contributed by atoms with van der Waals surface area (Å²) >= 11 is 0. The van der Waals surface area contributed by atoms with Gasteiger partial charge >= 0.3 is 18.2 Å². The molecule has 0 saturated heterocycles. The summed E-state index contributed by atoms with van der Waals surface area (Å²) in [7, 11) is -2.04. The molecule has 0 fully saturated rings. The molecule has 6 amide bonds. The van der Waals surface area contributed by atoms with Crippen LogP contribution in [0.15, 0.2) is 40.5 Å². The van der Waals surface area contributed by atoms with E-state index in [1.54, 1.807) is 21.1 Å². The summed E-state index contributed by atoms with van der Waals surface area (Å²) in [5.74, 6) is -0.581. The van der Waals surface area contributed by atoms with Crippen molar-refractivity contribution in [3.8, 4) is 0 Å². The van der Waals surface area contributed by atoms with E-state index in [2.05, 4.69) is 37.7 Å². The second-order valence-corrected chi connectivity index (χ2v) is 19.4. The van der Waals surface area contributed by atoms with Gasteiger partial charge in [-0.1, -0.05) is 12.1 Å². The van der Waals surface area contributed by atoms with Crippen LogP contribution in [-0.2, 0) is 99.9 Å². The molecule has 4 aliphatic rings. The first kappa shape index (κ1) is 47.1. The summed E-state index contributed by atoms with van der Waals surface area (Å²) in [6.07, 6.45) is 13.4. The molecule has 4 aromatic rings. The Morgan fingerprint density at radius 2 is 1.05 bits per heavy atom. The van der Waals surface area contributed by atoms with Gasteiger partial charge in [0.05, 0.1) is 0 Å². The third-order valence-corrected chi connectivity index (χ3v) is 14.3. The molecule has 0 unspecified atom stereocenters. The topological polar surface area (TPSA) is 261 Å². The van der Waals surface area contributed by atoms with Crippen molar-refractivity contribution < 1.29 is 45.6 Å². The molecule has 4 aliphatic carbocycles. The fraction of sp³-hybridized carbons (Fsp3) is 0.452. The van der Waals surface area contributed by atoms with Crippen LogP contribution in [0.2, 0.25) is 0 Å². The van der Waals surface area contributed by atoms with E-state index in [1.807, 2.05) is 4.72 Å². The number of aromatic nitrogens is 4. The lowest BCUT2D eigenvalue weighted by atomic mass is 9.99. The molecule has 20 nitrogen and oxygen atoms in total. The van der Waals surface area contributed by atoms with E-state index in [1.165, 1.54) is 63.0 Å². The summed E-state index contributed by atoms with van der Waals surface area (Å²) in [6.45, 7) is 2.02. The van der Waals surface area contributed by atoms with Crippen molar-refractivity contribution in [2.24, 2.45) is 14.1 Å². The second-order valence-electron chi connectivity index (χ2n) is 16.2. The fourth-order valence-electron chi connectivity index (χ4n) is 8.63. The number of nitrogens with zero attached hydrogens (tertiary/aromatic N) is 6. The minimum Gasteiger partial charge on any atom is -0.344 e. The van der Waals surface area contributed by atoms with E-state index < -0.39 is 43.0 Å². The van der Waals surface area contributed by atoms with Crippen LogP contribution in [0.1, 0.15) is 87.6 Å². The van der Waals surface area contributed by atoms with Crippen molar-refractivity contribution in [2.45, 2.75) is 94.0 Å². The van der Waals surface area contributed by atoms with E-state index in [9.17, 15) is 36.0 Å². The third-order valence-electron chi connectivity index (χ3n) is 11.8. The Morgan fingerprint density at radius 1 is 0.641 bits per heavy atom. The number of carbonyl (C=O) groups is 4. The molecule has 64 heavy (non-hydrogen) atoms. The number of rotatable bonds is 10. The smallest absolute Gasteiger partial charge is 0.344 e. The van der Waals surface area contributed by atoms with E-state index in [4.69, 9.17) is 9.59 Å². The lowest BCUT2D eigenvalue weighted by Crippen LogP contribution is -2.37. The third kappa shape index (κ3) is 10.5. The molecule has 22 heteroatoms. The first-order valence-corrected chi connectivity index (χ1v) is 23.8. The molecular formula is C42H52N10O10S2. The minimum atomic E-state index is -4.32. The molecule has 0 saturated carbocycles. The molecule has 2 aromatic carbocycles. The average molecular weight is 921 g/mol. The van der Waals surface area contributed by atoms with Crippen molar-refractivity contribution in [3.05, 3.63) is 80.7 Å². The maximum absolute atomic E-state index is 12.9. The number of carbonyl (C=O) groups excluding carboxylic acids is 6. The molecular weight excluding hydrogens is 869 g/mol. The quantitative estimate of drug-likeness (QED) is 0.179. The van der Waals surface area contributed by atoms with E-state index in [-0.39, 0.29) is 29.3 Å². The van der Waals surface area contributed by atoms with Gasteiger partial charge in [0, 0.05) is 71.8 Å². The van der Waals surface area contributed by atoms with Crippen LogP contribution in [0.25, 0.3) is 0 Å². The average Bonchev–Trinajstić information content (AvgIpc) is 4.09. The first-order valence-electron chi connectivity index (χ1n) is 20.8. The van der Waals surface area contributed by atoms with Gasteiger partial charge in [-0.15, -0.1) is 0 Å². The Bertz CT molecular complexity index is 2690. The lowest BCUT2D eigenvalue weighted by Gasteiger charge is -2.21. The van der Waals surface area contributed by atoms with Crippen molar-refractivity contribution in [3.63, 3.8) is 0 Å². The number of fused-ring (bicyclic) bond motifs is 4. The van der Waals surface area contributed by atoms with Crippen molar-refractivity contribution in [1.82, 2.24) is 38.8 Å². The van der Waals surface area contributed by atoms with Gasteiger partial charge in [-0.25, -0.2) is 19.0 Å². The van der Waals surface area contributed by atoms with Crippen molar-refractivity contribution in [1.29, 1.82) is 0 Å². The maximum atomic E-state index is 12.9. The number of hydrogen-bond donors (Lipinski definition) is 4. The number of likely N-dealkylation sites (N-methyl/N-ethyl adjacent to an activating group) is 2. The first-order chi connectivity index (χ1) is 30.3. The monoisotopic (exact) mass is 920 g/mol. The van der Waals surface area contributed by atoms with Crippen LogP contribution in [0.3, 0.4) is 0 Å². The highest BCUT2D eigenvalue weighted by Gasteiger charge is 2.30. The highest BCUT2D eigenvalue weighted by molar-refractivity contribution is 7.90. The van der Waals surface area contributed by atoms with Crippen LogP contribution in [0.5, 0.6) is 0 Å². The van der Waals surface area contributed by atoms with Crippen molar-refractivity contribution >= 4 is 61.4 Å². The Hall–Kier alpha value is -6.38. The zero-order chi connectivity index (χ0) is 46.5. The maximum Gasteiger partial charge on any atom is 0.373 e. The molecule has 342 valence electrons. The van der Waals surface area contributed by atoms with Gasteiger partial charge in [-0.2, -0.15) is 36.6 Å². The lowest BCUT2D eigenvalue weighted by molar-refractivity contribution is -0.191. The van der Waals surface area contributed by atoms with Gasteiger partial charge in [0.2, 0.25) is 5.91 Å². The Morgan fingerprint density at radius 3 is 1.44 bits per heavy atom. The summed E-state index contributed by atoms with van der Waals surface area (Å²) in [6, 6.07) is 5.39. The van der Waals surface area contributed by atoms with E-state index in [0.29, 0.717) is 6.54 Å². The summed E-state index contributed by atoms with van der Waals surface area (Å²) < 4.78 is 57.0.